The molecule has 102 valence electrons. The van der Waals surface area contributed by atoms with E-state index in [4.69, 9.17) is 17.4 Å². The molecule has 0 bridgehead atoms. The molecule has 1 unspecified atom stereocenters. The van der Waals surface area contributed by atoms with Gasteiger partial charge in [0.05, 0.1) is 11.7 Å². The van der Waals surface area contributed by atoms with Crippen LogP contribution < -0.4 is 11.3 Å². The van der Waals surface area contributed by atoms with E-state index in [1.54, 1.807) is 0 Å². The summed E-state index contributed by atoms with van der Waals surface area (Å²) in [5.41, 5.74) is 6.19. The van der Waals surface area contributed by atoms with Crippen LogP contribution in [0.25, 0.3) is 0 Å². The van der Waals surface area contributed by atoms with Gasteiger partial charge in [-0.1, -0.05) is 23.7 Å². The first-order valence-corrected chi connectivity index (χ1v) is 6.76. The molecule has 2 aromatic rings. The van der Waals surface area contributed by atoms with E-state index in [1.807, 2.05) is 35.9 Å². The van der Waals surface area contributed by atoms with Gasteiger partial charge in [0.1, 0.15) is 0 Å². The summed E-state index contributed by atoms with van der Waals surface area (Å²) in [6, 6.07) is 9.90. The molecule has 19 heavy (non-hydrogen) atoms. The number of nitrogens with zero attached hydrogens (tertiary/aromatic N) is 2. The number of nitrogens with two attached hydrogens (primary N) is 1. The van der Waals surface area contributed by atoms with E-state index in [0.717, 1.165) is 29.2 Å². The maximum atomic E-state index is 5.90. The van der Waals surface area contributed by atoms with E-state index in [0.29, 0.717) is 0 Å². The minimum absolute atomic E-state index is 0.0543. The minimum atomic E-state index is 0.0543. The Morgan fingerprint density at radius 1 is 1.37 bits per heavy atom. The minimum Gasteiger partial charge on any atom is -0.271 e. The summed E-state index contributed by atoms with van der Waals surface area (Å²) in [4.78, 5) is 0. The van der Waals surface area contributed by atoms with Crippen molar-refractivity contribution in [2.45, 2.75) is 32.9 Å². The molecule has 1 aromatic heterocycles. The SMILES string of the molecule is CCn1nc(C)cc1CC(NN)c1ccc(Cl)cc1. The lowest BCUT2D eigenvalue weighted by atomic mass is 10.0. The van der Waals surface area contributed by atoms with Crippen molar-refractivity contribution in [1.82, 2.24) is 15.2 Å². The molecular weight excluding hydrogens is 260 g/mol. The second kappa shape index (κ2) is 6.19. The van der Waals surface area contributed by atoms with Crippen LogP contribution in [0.5, 0.6) is 0 Å². The van der Waals surface area contributed by atoms with Crippen molar-refractivity contribution in [3.63, 3.8) is 0 Å². The van der Waals surface area contributed by atoms with E-state index in [1.165, 1.54) is 5.69 Å². The molecule has 0 saturated carbocycles. The molecule has 0 saturated heterocycles. The molecule has 1 aromatic carbocycles. The molecule has 0 radical (unpaired) electrons. The Morgan fingerprint density at radius 3 is 2.63 bits per heavy atom. The molecular formula is C14H19ClN4. The highest BCUT2D eigenvalue weighted by Crippen LogP contribution is 2.20. The molecule has 0 aliphatic carbocycles. The second-order valence-electron chi connectivity index (χ2n) is 4.57. The summed E-state index contributed by atoms with van der Waals surface area (Å²) in [5.74, 6) is 5.68. The van der Waals surface area contributed by atoms with E-state index in [9.17, 15) is 0 Å². The Kier molecular flexibility index (Phi) is 4.58. The van der Waals surface area contributed by atoms with Gasteiger partial charge in [0.25, 0.3) is 0 Å². The first-order valence-electron chi connectivity index (χ1n) is 6.39. The highest BCUT2D eigenvalue weighted by molar-refractivity contribution is 6.30. The maximum Gasteiger partial charge on any atom is 0.0596 e. The fourth-order valence-electron chi connectivity index (χ4n) is 2.21. The van der Waals surface area contributed by atoms with Gasteiger partial charge >= 0.3 is 0 Å². The summed E-state index contributed by atoms with van der Waals surface area (Å²) in [6.45, 7) is 4.95. The fourth-order valence-corrected chi connectivity index (χ4v) is 2.34. The molecule has 0 aliphatic heterocycles. The van der Waals surface area contributed by atoms with E-state index in [-0.39, 0.29) is 6.04 Å². The zero-order valence-corrected chi connectivity index (χ0v) is 12.0. The third-order valence-corrected chi connectivity index (χ3v) is 3.42. The number of hydrogen-bond acceptors (Lipinski definition) is 3. The van der Waals surface area contributed by atoms with Crippen LogP contribution in [-0.4, -0.2) is 9.78 Å². The number of hydrazine groups is 1. The quantitative estimate of drug-likeness (QED) is 0.653. The highest BCUT2D eigenvalue weighted by Gasteiger charge is 2.14. The van der Waals surface area contributed by atoms with Gasteiger partial charge in [0.2, 0.25) is 0 Å². The van der Waals surface area contributed by atoms with Crippen LogP contribution >= 0.6 is 11.6 Å². The van der Waals surface area contributed by atoms with E-state index < -0.39 is 0 Å². The van der Waals surface area contributed by atoms with Crippen LogP contribution in [0.3, 0.4) is 0 Å². The Balaban J connectivity index is 2.21. The molecule has 3 N–H and O–H groups in total. The molecule has 1 heterocycles. The molecule has 0 aliphatic rings. The third kappa shape index (κ3) is 3.35. The van der Waals surface area contributed by atoms with Gasteiger partial charge in [-0.15, -0.1) is 0 Å². The third-order valence-electron chi connectivity index (χ3n) is 3.17. The lowest BCUT2D eigenvalue weighted by molar-refractivity contribution is 0.517. The largest absolute Gasteiger partial charge is 0.271 e. The Hall–Kier alpha value is -1.36. The average Bonchev–Trinajstić information content (AvgIpc) is 2.77. The van der Waals surface area contributed by atoms with Crippen LogP contribution in [0.1, 0.15) is 29.9 Å². The first kappa shape index (κ1) is 14.1. The molecule has 4 nitrogen and oxygen atoms in total. The van der Waals surface area contributed by atoms with Crippen LogP contribution in [0.15, 0.2) is 30.3 Å². The second-order valence-corrected chi connectivity index (χ2v) is 5.00. The van der Waals surface area contributed by atoms with Crippen molar-refractivity contribution in [3.05, 3.63) is 52.3 Å². The smallest absolute Gasteiger partial charge is 0.0596 e. The van der Waals surface area contributed by atoms with Crippen LogP contribution in [-0.2, 0) is 13.0 Å². The predicted molar refractivity (Wildman–Crippen MR) is 77.9 cm³/mol. The highest BCUT2D eigenvalue weighted by atomic mass is 35.5. The van der Waals surface area contributed by atoms with Crippen LogP contribution in [0.2, 0.25) is 5.02 Å². The van der Waals surface area contributed by atoms with Crippen molar-refractivity contribution in [3.8, 4) is 0 Å². The summed E-state index contributed by atoms with van der Waals surface area (Å²) < 4.78 is 2.01. The molecule has 0 fully saturated rings. The molecule has 0 spiro atoms. The normalized spacial score (nSPS) is 12.6. The number of aryl methyl sites for hydroxylation is 2. The van der Waals surface area contributed by atoms with Gasteiger partial charge in [-0.05, 0) is 37.6 Å². The Morgan fingerprint density at radius 2 is 2.05 bits per heavy atom. The number of halogens is 1. The topological polar surface area (TPSA) is 55.9 Å². The summed E-state index contributed by atoms with van der Waals surface area (Å²) in [6.07, 6.45) is 0.798. The van der Waals surface area contributed by atoms with E-state index in [2.05, 4.69) is 23.5 Å². The molecule has 5 heteroatoms. The summed E-state index contributed by atoms with van der Waals surface area (Å²) in [5, 5.41) is 5.18. The monoisotopic (exact) mass is 278 g/mol. The number of rotatable bonds is 5. The average molecular weight is 279 g/mol. The molecule has 0 amide bonds. The number of benzene rings is 1. The number of nitrogens with one attached hydrogen (secondary N) is 1. The summed E-state index contributed by atoms with van der Waals surface area (Å²) >= 11 is 5.90. The predicted octanol–water partition coefficient (Wildman–Crippen LogP) is 2.61. The molecule has 1 atom stereocenters. The molecule has 2 rings (SSSR count). The van der Waals surface area contributed by atoms with Crippen LogP contribution in [0.4, 0.5) is 0 Å². The van der Waals surface area contributed by atoms with Crippen molar-refractivity contribution >= 4 is 11.6 Å². The van der Waals surface area contributed by atoms with Gasteiger partial charge in [0.15, 0.2) is 0 Å². The maximum absolute atomic E-state index is 5.90. The van der Waals surface area contributed by atoms with Crippen molar-refractivity contribution in [2.24, 2.45) is 5.84 Å². The fraction of sp³-hybridized carbons (Fsp3) is 0.357. The van der Waals surface area contributed by atoms with Gasteiger partial charge in [-0.3, -0.25) is 16.0 Å². The van der Waals surface area contributed by atoms with Gasteiger partial charge < -0.3 is 0 Å². The first-order chi connectivity index (χ1) is 9.13. The zero-order chi connectivity index (χ0) is 13.8. The Labute approximate surface area is 118 Å². The van der Waals surface area contributed by atoms with Gasteiger partial charge in [0, 0.05) is 23.7 Å². The zero-order valence-electron chi connectivity index (χ0n) is 11.2. The van der Waals surface area contributed by atoms with Gasteiger partial charge in [-0.2, -0.15) is 5.10 Å². The van der Waals surface area contributed by atoms with Crippen molar-refractivity contribution in [2.75, 3.05) is 0 Å². The van der Waals surface area contributed by atoms with E-state index >= 15 is 0 Å². The van der Waals surface area contributed by atoms with Gasteiger partial charge in [-0.25, -0.2) is 0 Å². The Bertz CT molecular complexity index is 533. The standard InChI is InChI=1S/C14H19ClN4/c1-3-19-13(8-10(2)18-19)9-14(17-16)11-4-6-12(15)7-5-11/h4-8,14,17H,3,9,16H2,1-2H3. The number of hydrogen-bond donors (Lipinski definition) is 2. The lowest BCUT2D eigenvalue weighted by Crippen LogP contribution is -2.30. The lowest BCUT2D eigenvalue weighted by Gasteiger charge is -2.17. The van der Waals surface area contributed by atoms with Crippen molar-refractivity contribution < 1.29 is 0 Å². The van der Waals surface area contributed by atoms with Crippen LogP contribution in [0, 0.1) is 6.92 Å². The summed E-state index contributed by atoms with van der Waals surface area (Å²) in [7, 11) is 0. The van der Waals surface area contributed by atoms with Crippen molar-refractivity contribution in [1.29, 1.82) is 0 Å². The number of aromatic nitrogens is 2.